The number of aromatic nitrogens is 2. The highest BCUT2D eigenvalue weighted by Crippen LogP contribution is 2.34. The number of hydrogen-bond donors (Lipinski definition) is 0. The smallest absolute Gasteiger partial charge is 0.267 e. The van der Waals surface area contributed by atoms with E-state index in [9.17, 15) is 13.6 Å². The number of aryl methyl sites for hydroxylation is 1. The van der Waals surface area contributed by atoms with E-state index in [1.54, 1.807) is 19.1 Å². The van der Waals surface area contributed by atoms with E-state index in [2.05, 4.69) is 5.10 Å². The van der Waals surface area contributed by atoms with Gasteiger partial charge in [-0.25, -0.2) is 13.5 Å². The van der Waals surface area contributed by atoms with E-state index in [4.69, 9.17) is 0 Å². The van der Waals surface area contributed by atoms with Gasteiger partial charge in [-0.15, -0.1) is 0 Å². The molecule has 0 amide bonds. The predicted molar refractivity (Wildman–Crippen MR) is 110 cm³/mol. The molecule has 0 aliphatic carbocycles. The highest BCUT2D eigenvalue weighted by molar-refractivity contribution is 5.84. The van der Waals surface area contributed by atoms with Crippen LogP contribution in [0.3, 0.4) is 0 Å². The van der Waals surface area contributed by atoms with Crippen LogP contribution in [0.4, 0.5) is 8.78 Å². The lowest BCUT2D eigenvalue weighted by Gasteiger charge is -2.16. The van der Waals surface area contributed by atoms with Crippen molar-refractivity contribution >= 4 is 0 Å². The van der Waals surface area contributed by atoms with Crippen molar-refractivity contribution in [2.45, 2.75) is 13.5 Å². The summed E-state index contributed by atoms with van der Waals surface area (Å²) in [6.07, 6.45) is 0. The van der Waals surface area contributed by atoms with Crippen LogP contribution in [0.25, 0.3) is 22.3 Å². The monoisotopic (exact) mass is 388 g/mol. The van der Waals surface area contributed by atoms with E-state index in [1.807, 2.05) is 48.5 Å². The Kier molecular flexibility index (Phi) is 5.04. The Balaban J connectivity index is 2.03. The summed E-state index contributed by atoms with van der Waals surface area (Å²) >= 11 is 0. The molecule has 0 atom stereocenters. The second-order valence-electron chi connectivity index (χ2n) is 6.75. The Morgan fingerprint density at radius 1 is 0.759 bits per heavy atom. The van der Waals surface area contributed by atoms with Crippen molar-refractivity contribution in [3.63, 3.8) is 0 Å². The third kappa shape index (κ3) is 3.59. The van der Waals surface area contributed by atoms with E-state index in [0.29, 0.717) is 16.8 Å². The van der Waals surface area contributed by atoms with Crippen LogP contribution in [-0.2, 0) is 6.54 Å². The largest absolute Gasteiger partial charge is 0.275 e. The molecule has 1 heterocycles. The van der Waals surface area contributed by atoms with Gasteiger partial charge in [0.15, 0.2) is 0 Å². The molecule has 29 heavy (non-hydrogen) atoms. The molecule has 0 fully saturated rings. The molecule has 144 valence electrons. The van der Waals surface area contributed by atoms with Crippen LogP contribution in [0.2, 0.25) is 0 Å². The van der Waals surface area contributed by atoms with Gasteiger partial charge in [0.1, 0.15) is 11.6 Å². The van der Waals surface area contributed by atoms with Gasteiger partial charge in [-0.2, -0.15) is 5.10 Å². The van der Waals surface area contributed by atoms with Gasteiger partial charge in [0.2, 0.25) is 0 Å². The quantitative estimate of drug-likeness (QED) is 0.481. The highest BCUT2D eigenvalue weighted by Gasteiger charge is 2.23. The maximum Gasteiger partial charge on any atom is 0.275 e. The molecule has 0 radical (unpaired) electrons. The van der Waals surface area contributed by atoms with E-state index in [-0.39, 0.29) is 17.7 Å². The molecule has 1 aromatic heterocycles. The minimum absolute atomic E-state index is 0.0183. The van der Waals surface area contributed by atoms with Crippen molar-refractivity contribution in [2.24, 2.45) is 0 Å². The average molecular weight is 388 g/mol. The lowest BCUT2D eigenvalue weighted by molar-refractivity contribution is 0.585. The zero-order chi connectivity index (χ0) is 20.4. The Morgan fingerprint density at radius 3 is 1.97 bits per heavy atom. The van der Waals surface area contributed by atoms with Crippen LogP contribution in [0.5, 0.6) is 0 Å². The van der Waals surface area contributed by atoms with Gasteiger partial charge in [-0.1, -0.05) is 66.7 Å². The number of nitrogens with zero attached hydrogens (tertiary/aromatic N) is 2. The van der Waals surface area contributed by atoms with E-state index >= 15 is 0 Å². The Morgan fingerprint density at radius 2 is 1.34 bits per heavy atom. The summed E-state index contributed by atoms with van der Waals surface area (Å²) in [4.78, 5) is 13.4. The third-order valence-electron chi connectivity index (χ3n) is 4.78. The molecule has 0 bridgehead atoms. The molecular weight excluding hydrogens is 370 g/mol. The molecular formula is C24H18F2N2O. The van der Waals surface area contributed by atoms with Crippen molar-refractivity contribution in [1.29, 1.82) is 0 Å². The highest BCUT2D eigenvalue weighted by atomic mass is 19.1. The first kappa shape index (κ1) is 18.7. The summed E-state index contributed by atoms with van der Waals surface area (Å²) in [6, 6.07) is 22.0. The minimum Gasteiger partial charge on any atom is -0.267 e. The molecule has 5 heteroatoms. The van der Waals surface area contributed by atoms with Crippen molar-refractivity contribution in [2.75, 3.05) is 0 Å². The molecule has 0 aliphatic rings. The molecule has 3 aromatic carbocycles. The molecule has 0 saturated heterocycles. The van der Waals surface area contributed by atoms with Gasteiger partial charge in [-0.05, 0) is 30.2 Å². The summed E-state index contributed by atoms with van der Waals surface area (Å²) in [5.74, 6) is -1.56. The normalized spacial score (nSPS) is 10.9. The van der Waals surface area contributed by atoms with E-state index in [1.165, 1.54) is 10.7 Å². The summed E-state index contributed by atoms with van der Waals surface area (Å²) < 4.78 is 30.6. The zero-order valence-electron chi connectivity index (χ0n) is 15.8. The minimum atomic E-state index is -0.781. The zero-order valence-corrected chi connectivity index (χ0v) is 15.8. The average Bonchev–Trinajstić information content (AvgIpc) is 2.72. The standard InChI is InChI=1S/C24H18F2N2O/c1-16-21(18-11-6-3-7-12-18)23(22-19(25)13-8-14-20(22)26)24(29)28(27-16)15-17-9-4-2-5-10-17/h2-14H,15H2,1H3. The molecule has 0 aliphatic heterocycles. The Hall–Kier alpha value is -3.60. The van der Waals surface area contributed by atoms with E-state index < -0.39 is 17.2 Å². The molecule has 3 nitrogen and oxygen atoms in total. The van der Waals surface area contributed by atoms with Crippen LogP contribution in [-0.4, -0.2) is 9.78 Å². The number of rotatable bonds is 4. The molecule has 4 rings (SSSR count). The second-order valence-corrected chi connectivity index (χ2v) is 6.75. The summed E-state index contributed by atoms with van der Waals surface area (Å²) in [5, 5.41) is 4.45. The molecule has 0 saturated carbocycles. The van der Waals surface area contributed by atoms with E-state index in [0.717, 1.165) is 17.7 Å². The first-order valence-electron chi connectivity index (χ1n) is 9.21. The summed E-state index contributed by atoms with van der Waals surface area (Å²) in [7, 11) is 0. The van der Waals surface area contributed by atoms with Crippen LogP contribution < -0.4 is 5.56 Å². The molecule has 0 N–H and O–H groups in total. The Labute approximate surface area is 166 Å². The number of hydrogen-bond acceptors (Lipinski definition) is 2. The van der Waals surface area contributed by atoms with Gasteiger partial charge in [0.25, 0.3) is 5.56 Å². The number of benzene rings is 3. The topological polar surface area (TPSA) is 34.9 Å². The fourth-order valence-corrected chi connectivity index (χ4v) is 3.48. The summed E-state index contributed by atoms with van der Waals surface area (Å²) in [5.41, 5.74) is 1.61. The van der Waals surface area contributed by atoms with Crippen LogP contribution in [0.1, 0.15) is 11.3 Å². The van der Waals surface area contributed by atoms with Crippen LogP contribution in [0.15, 0.2) is 83.7 Å². The lowest BCUT2D eigenvalue weighted by atomic mass is 9.94. The second kappa shape index (κ2) is 7.80. The van der Waals surface area contributed by atoms with Gasteiger partial charge in [0, 0.05) is 5.56 Å². The Bertz CT molecular complexity index is 1200. The van der Waals surface area contributed by atoms with Crippen molar-refractivity contribution in [3.05, 3.63) is 112 Å². The van der Waals surface area contributed by atoms with Gasteiger partial charge < -0.3 is 0 Å². The van der Waals surface area contributed by atoms with Gasteiger partial charge in [0.05, 0.1) is 23.4 Å². The van der Waals surface area contributed by atoms with Crippen LogP contribution in [0, 0.1) is 18.6 Å². The third-order valence-corrected chi connectivity index (χ3v) is 4.78. The summed E-state index contributed by atoms with van der Waals surface area (Å²) in [6.45, 7) is 1.95. The fourth-order valence-electron chi connectivity index (χ4n) is 3.48. The molecule has 0 unspecified atom stereocenters. The lowest BCUT2D eigenvalue weighted by Crippen LogP contribution is -2.27. The predicted octanol–water partition coefficient (Wildman–Crippen LogP) is 5.21. The SMILES string of the molecule is Cc1nn(Cc2ccccc2)c(=O)c(-c2c(F)cccc2F)c1-c1ccccc1. The first-order chi connectivity index (χ1) is 14.1. The van der Waals surface area contributed by atoms with Crippen molar-refractivity contribution < 1.29 is 8.78 Å². The van der Waals surface area contributed by atoms with Gasteiger partial charge >= 0.3 is 0 Å². The maximum absolute atomic E-state index is 14.7. The molecule has 4 aromatic rings. The van der Waals surface area contributed by atoms with Crippen molar-refractivity contribution in [1.82, 2.24) is 9.78 Å². The van der Waals surface area contributed by atoms with Crippen molar-refractivity contribution in [3.8, 4) is 22.3 Å². The fraction of sp³-hybridized carbons (Fsp3) is 0.0833. The maximum atomic E-state index is 14.7. The van der Waals surface area contributed by atoms with Crippen LogP contribution >= 0.6 is 0 Å². The van der Waals surface area contributed by atoms with Gasteiger partial charge in [-0.3, -0.25) is 4.79 Å². The molecule has 0 spiro atoms. The number of halogens is 2. The first-order valence-corrected chi connectivity index (χ1v) is 9.21.